The van der Waals surface area contributed by atoms with E-state index >= 15 is 0 Å². The molecule has 1 aliphatic heterocycles. The first kappa shape index (κ1) is 18.7. The predicted octanol–water partition coefficient (Wildman–Crippen LogP) is 2.62. The molecule has 1 aromatic carbocycles. The van der Waals surface area contributed by atoms with Crippen LogP contribution in [0.25, 0.3) is 0 Å². The lowest BCUT2D eigenvalue weighted by molar-refractivity contribution is 0.136. The second kappa shape index (κ2) is 8.44. The van der Waals surface area contributed by atoms with Gasteiger partial charge < -0.3 is 20.0 Å². The number of nitrogens with zero attached hydrogens (tertiary/aromatic N) is 3. The molecule has 0 bridgehead atoms. The predicted molar refractivity (Wildman–Crippen MR) is 95.9 cm³/mol. The smallest absolute Gasteiger partial charge is 0.321 e. The maximum Gasteiger partial charge on any atom is 0.321 e. The van der Waals surface area contributed by atoms with Gasteiger partial charge in [-0.05, 0) is 64.6 Å². The first-order valence-electron chi connectivity index (χ1n) is 8.54. The molecule has 0 spiro atoms. The number of anilines is 1. The van der Waals surface area contributed by atoms with E-state index in [0.717, 1.165) is 25.2 Å². The number of benzene rings is 1. The van der Waals surface area contributed by atoms with Gasteiger partial charge in [-0.25, -0.2) is 9.18 Å². The van der Waals surface area contributed by atoms with E-state index in [1.54, 1.807) is 18.0 Å². The summed E-state index contributed by atoms with van der Waals surface area (Å²) in [6, 6.07) is 4.79. The number of likely N-dealkylation sites (tertiary alicyclic amines) is 1. The molecular weight excluding hydrogens is 307 g/mol. The zero-order valence-corrected chi connectivity index (χ0v) is 15.2. The maximum absolute atomic E-state index is 13.3. The molecule has 0 aromatic heterocycles. The normalized spacial score (nSPS) is 16.4. The molecule has 0 saturated carbocycles. The second-order valence-electron chi connectivity index (χ2n) is 6.83. The van der Waals surface area contributed by atoms with Crippen molar-refractivity contribution < 1.29 is 9.18 Å². The highest BCUT2D eigenvalue weighted by molar-refractivity contribution is 5.89. The summed E-state index contributed by atoms with van der Waals surface area (Å²) in [4.78, 5) is 18.6. The Kier molecular flexibility index (Phi) is 6.57. The van der Waals surface area contributed by atoms with E-state index in [1.165, 1.54) is 25.0 Å². The fourth-order valence-electron chi connectivity index (χ4n) is 2.97. The minimum Gasteiger partial charge on any atom is -0.326 e. The zero-order chi connectivity index (χ0) is 17.7. The number of piperidine rings is 1. The Morgan fingerprint density at radius 2 is 1.96 bits per heavy atom. The Hall–Kier alpha value is -1.66. The highest BCUT2D eigenvalue weighted by Crippen LogP contribution is 2.17. The first-order valence-corrected chi connectivity index (χ1v) is 8.54. The third kappa shape index (κ3) is 5.18. The van der Waals surface area contributed by atoms with E-state index < -0.39 is 0 Å². The second-order valence-corrected chi connectivity index (χ2v) is 6.83. The van der Waals surface area contributed by atoms with E-state index in [0.29, 0.717) is 18.3 Å². The highest BCUT2D eigenvalue weighted by Gasteiger charge is 2.21. The average molecular weight is 336 g/mol. The molecule has 2 amide bonds. The summed E-state index contributed by atoms with van der Waals surface area (Å²) < 4.78 is 13.3. The Morgan fingerprint density at radius 1 is 1.29 bits per heavy atom. The number of likely N-dealkylation sites (N-methyl/N-ethyl adjacent to an activating group) is 2. The average Bonchev–Trinajstić information content (AvgIpc) is 2.56. The number of aryl methyl sites for hydroxylation is 1. The van der Waals surface area contributed by atoms with Crippen molar-refractivity contribution in [1.82, 2.24) is 14.7 Å². The van der Waals surface area contributed by atoms with Crippen LogP contribution in [-0.2, 0) is 0 Å². The number of hydrogen-bond donors (Lipinski definition) is 1. The zero-order valence-electron chi connectivity index (χ0n) is 15.2. The molecule has 1 aromatic rings. The molecule has 24 heavy (non-hydrogen) atoms. The minimum atomic E-state index is -0.347. The van der Waals surface area contributed by atoms with Crippen molar-refractivity contribution in [2.75, 3.05) is 52.6 Å². The summed E-state index contributed by atoms with van der Waals surface area (Å²) in [5, 5.41) is 2.78. The van der Waals surface area contributed by atoms with Crippen molar-refractivity contribution in [3.05, 3.63) is 29.6 Å². The number of halogens is 1. The summed E-state index contributed by atoms with van der Waals surface area (Å²) >= 11 is 0. The van der Waals surface area contributed by atoms with Crippen molar-refractivity contribution in [3.63, 3.8) is 0 Å². The van der Waals surface area contributed by atoms with Crippen LogP contribution in [-0.4, -0.2) is 74.1 Å². The van der Waals surface area contributed by atoms with E-state index in [1.807, 2.05) is 6.92 Å². The van der Waals surface area contributed by atoms with Crippen molar-refractivity contribution in [1.29, 1.82) is 0 Å². The fourth-order valence-corrected chi connectivity index (χ4v) is 2.97. The Bertz CT molecular complexity index is 558. The summed E-state index contributed by atoms with van der Waals surface area (Å²) in [5.74, 6) is -0.347. The summed E-state index contributed by atoms with van der Waals surface area (Å²) in [6.45, 7) is 5.58. The van der Waals surface area contributed by atoms with Crippen LogP contribution >= 0.6 is 0 Å². The molecular formula is C18H29FN4O. The third-order valence-corrected chi connectivity index (χ3v) is 4.89. The summed E-state index contributed by atoms with van der Waals surface area (Å²) in [5.41, 5.74) is 1.37. The number of amides is 2. The number of urea groups is 1. The molecule has 1 heterocycles. The van der Waals surface area contributed by atoms with Crippen LogP contribution in [0.15, 0.2) is 18.2 Å². The van der Waals surface area contributed by atoms with Crippen LogP contribution in [0.1, 0.15) is 18.4 Å². The van der Waals surface area contributed by atoms with Crippen molar-refractivity contribution >= 4 is 11.7 Å². The molecule has 134 valence electrons. The molecule has 1 aliphatic rings. The number of hydrogen-bond acceptors (Lipinski definition) is 3. The number of carbonyl (C=O) groups excluding carboxylic acids is 1. The van der Waals surface area contributed by atoms with Crippen molar-refractivity contribution in [2.24, 2.45) is 0 Å². The Morgan fingerprint density at radius 3 is 2.62 bits per heavy atom. The molecule has 1 saturated heterocycles. The molecule has 0 aliphatic carbocycles. The molecule has 1 N–H and O–H groups in total. The van der Waals surface area contributed by atoms with Gasteiger partial charge in [-0.2, -0.15) is 0 Å². The quantitative estimate of drug-likeness (QED) is 0.898. The molecule has 0 atom stereocenters. The van der Waals surface area contributed by atoms with E-state index in [9.17, 15) is 9.18 Å². The Labute approximate surface area is 144 Å². The molecule has 5 nitrogen and oxygen atoms in total. The molecule has 6 heteroatoms. The van der Waals surface area contributed by atoms with E-state index in [-0.39, 0.29) is 11.8 Å². The SMILES string of the molecule is Cc1ccc(F)cc1NC(=O)N(C)CCN(C)C1CCN(C)CC1. The van der Waals surface area contributed by atoms with Gasteiger partial charge in [-0.15, -0.1) is 0 Å². The van der Waals surface area contributed by atoms with Crippen LogP contribution in [0, 0.1) is 12.7 Å². The molecule has 1 fully saturated rings. The topological polar surface area (TPSA) is 38.8 Å². The monoisotopic (exact) mass is 336 g/mol. The Balaban J connectivity index is 1.80. The van der Waals surface area contributed by atoms with Gasteiger partial charge in [0.25, 0.3) is 0 Å². The molecule has 0 radical (unpaired) electrons. The fraction of sp³-hybridized carbons (Fsp3) is 0.611. The number of carbonyl (C=O) groups is 1. The van der Waals surface area contributed by atoms with Gasteiger partial charge >= 0.3 is 6.03 Å². The molecule has 2 rings (SSSR count). The van der Waals surface area contributed by atoms with Crippen LogP contribution in [0.5, 0.6) is 0 Å². The number of nitrogens with one attached hydrogen (secondary N) is 1. The minimum absolute atomic E-state index is 0.208. The van der Waals surface area contributed by atoms with Crippen LogP contribution in [0.3, 0.4) is 0 Å². The van der Waals surface area contributed by atoms with E-state index in [4.69, 9.17) is 0 Å². The van der Waals surface area contributed by atoms with Crippen LogP contribution in [0.4, 0.5) is 14.9 Å². The summed E-state index contributed by atoms with van der Waals surface area (Å²) in [6.07, 6.45) is 2.34. The van der Waals surface area contributed by atoms with Crippen molar-refractivity contribution in [2.45, 2.75) is 25.8 Å². The van der Waals surface area contributed by atoms with Gasteiger partial charge in [0.1, 0.15) is 5.82 Å². The van der Waals surface area contributed by atoms with Gasteiger partial charge in [0, 0.05) is 31.9 Å². The lowest BCUT2D eigenvalue weighted by Crippen LogP contribution is -2.45. The lowest BCUT2D eigenvalue weighted by atomic mass is 10.0. The number of rotatable bonds is 5. The van der Waals surface area contributed by atoms with Gasteiger partial charge in [0.15, 0.2) is 0 Å². The van der Waals surface area contributed by atoms with Gasteiger partial charge in [-0.3, -0.25) is 0 Å². The molecule has 0 unspecified atom stereocenters. The van der Waals surface area contributed by atoms with Crippen molar-refractivity contribution in [3.8, 4) is 0 Å². The van der Waals surface area contributed by atoms with Crippen LogP contribution < -0.4 is 5.32 Å². The standard InChI is InChI=1S/C18H29FN4O/c1-14-5-6-15(19)13-17(14)20-18(24)23(4)12-11-22(3)16-7-9-21(2)10-8-16/h5-6,13,16H,7-12H2,1-4H3,(H,20,24). The highest BCUT2D eigenvalue weighted by atomic mass is 19.1. The van der Waals surface area contributed by atoms with E-state index in [2.05, 4.69) is 29.2 Å². The van der Waals surface area contributed by atoms with Gasteiger partial charge in [0.05, 0.1) is 0 Å². The third-order valence-electron chi connectivity index (χ3n) is 4.89. The summed E-state index contributed by atoms with van der Waals surface area (Å²) in [7, 11) is 6.05. The van der Waals surface area contributed by atoms with Gasteiger partial charge in [0.2, 0.25) is 0 Å². The first-order chi connectivity index (χ1) is 11.4. The maximum atomic E-state index is 13.3. The lowest BCUT2D eigenvalue weighted by Gasteiger charge is -2.35. The van der Waals surface area contributed by atoms with Crippen LogP contribution in [0.2, 0.25) is 0 Å². The van der Waals surface area contributed by atoms with Gasteiger partial charge in [-0.1, -0.05) is 6.07 Å². The largest absolute Gasteiger partial charge is 0.326 e.